The maximum absolute atomic E-state index is 12.1. The normalized spacial score (nSPS) is 15.1. The molecule has 2 heterocycles. The van der Waals surface area contributed by atoms with E-state index >= 15 is 0 Å². The predicted octanol–water partition coefficient (Wildman–Crippen LogP) is 2.34. The molecular formula is C15H18N4O2. The van der Waals surface area contributed by atoms with Gasteiger partial charge in [-0.3, -0.25) is 5.32 Å². The monoisotopic (exact) mass is 286 g/mol. The molecule has 1 N–H and O–H groups in total. The number of urea groups is 1. The van der Waals surface area contributed by atoms with Crippen molar-refractivity contribution < 1.29 is 9.32 Å². The van der Waals surface area contributed by atoms with E-state index in [2.05, 4.69) is 27.5 Å². The topological polar surface area (TPSA) is 61.6 Å². The zero-order chi connectivity index (χ0) is 14.7. The Hall–Kier alpha value is -2.50. The van der Waals surface area contributed by atoms with Crippen LogP contribution in [0.5, 0.6) is 0 Å². The maximum atomic E-state index is 12.1. The minimum atomic E-state index is -0.129. The molecule has 0 saturated carbocycles. The number of amides is 2. The first-order valence-electron chi connectivity index (χ1n) is 7.01. The minimum absolute atomic E-state index is 0.129. The van der Waals surface area contributed by atoms with Crippen molar-refractivity contribution in [3.05, 3.63) is 42.2 Å². The number of carbonyl (C=O) groups is 1. The lowest BCUT2D eigenvalue weighted by Crippen LogP contribution is -2.50. The van der Waals surface area contributed by atoms with E-state index in [1.807, 2.05) is 18.2 Å². The van der Waals surface area contributed by atoms with Crippen LogP contribution >= 0.6 is 0 Å². The lowest BCUT2D eigenvalue weighted by atomic mass is 10.2. The summed E-state index contributed by atoms with van der Waals surface area (Å²) in [6, 6.07) is 11.8. The molecule has 6 nitrogen and oxygen atoms in total. The van der Waals surface area contributed by atoms with Crippen LogP contribution in [0.3, 0.4) is 0 Å². The average molecular weight is 286 g/mol. The molecule has 2 amide bonds. The third kappa shape index (κ3) is 3.16. The van der Waals surface area contributed by atoms with Gasteiger partial charge in [-0.15, -0.1) is 0 Å². The number of aromatic nitrogens is 1. The number of hydrogen-bond donors (Lipinski definition) is 1. The lowest BCUT2D eigenvalue weighted by Gasteiger charge is -2.35. The highest BCUT2D eigenvalue weighted by molar-refractivity contribution is 5.88. The number of nitrogens with zero attached hydrogens (tertiary/aromatic N) is 3. The first-order valence-corrected chi connectivity index (χ1v) is 7.01. The molecule has 1 aliphatic heterocycles. The highest BCUT2D eigenvalue weighted by atomic mass is 16.5. The molecule has 1 fully saturated rings. The molecule has 1 aromatic carbocycles. The van der Waals surface area contributed by atoms with Crippen LogP contribution in [-0.2, 0) is 0 Å². The van der Waals surface area contributed by atoms with Gasteiger partial charge in [0, 0.05) is 37.9 Å². The molecule has 0 atom stereocenters. The number of carbonyl (C=O) groups excluding carboxylic acids is 1. The molecule has 1 aliphatic rings. The van der Waals surface area contributed by atoms with E-state index in [0.29, 0.717) is 24.7 Å². The molecule has 0 radical (unpaired) electrons. The van der Waals surface area contributed by atoms with Gasteiger partial charge in [0.2, 0.25) is 0 Å². The highest BCUT2D eigenvalue weighted by Crippen LogP contribution is 2.16. The van der Waals surface area contributed by atoms with Gasteiger partial charge in [-0.05, 0) is 19.1 Å². The van der Waals surface area contributed by atoms with Crippen LogP contribution in [0.4, 0.5) is 16.3 Å². The second-order valence-corrected chi connectivity index (χ2v) is 5.06. The van der Waals surface area contributed by atoms with Gasteiger partial charge in [0.15, 0.2) is 5.82 Å². The quantitative estimate of drug-likeness (QED) is 0.920. The van der Waals surface area contributed by atoms with E-state index in [-0.39, 0.29) is 6.03 Å². The van der Waals surface area contributed by atoms with E-state index in [0.717, 1.165) is 13.1 Å². The van der Waals surface area contributed by atoms with Crippen LogP contribution in [0.1, 0.15) is 5.76 Å². The van der Waals surface area contributed by atoms with Crippen molar-refractivity contribution in [3.8, 4) is 0 Å². The summed E-state index contributed by atoms with van der Waals surface area (Å²) < 4.78 is 4.94. The Kier molecular flexibility index (Phi) is 3.77. The minimum Gasteiger partial charge on any atom is -0.368 e. The van der Waals surface area contributed by atoms with Crippen molar-refractivity contribution >= 4 is 17.5 Å². The van der Waals surface area contributed by atoms with Gasteiger partial charge in [0.25, 0.3) is 0 Å². The average Bonchev–Trinajstić information content (AvgIpc) is 2.93. The molecule has 2 aromatic rings. The fourth-order valence-electron chi connectivity index (χ4n) is 2.42. The molecule has 1 saturated heterocycles. The predicted molar refractivity (Wildman–Crippen MR) is 80.5 cm³/mol. The molecule has 0 unspecified atom stereocenters. The van der Waals surface area contributed by atoms with Gasteiger partial charge >= 0.3 is 6.03 Å². The van der Waals surface area contributed by atoms with Gasteiger partial charge in [0.1, 0.15) is 5.76 Å². The summed E-state index contributed by atoms with van der Waals surface area (Å²) in [5.74, 6) is 1.14. The number of piperazine rings is 1. The summed E-state index contributed by atoms with van der Waals surface area (Å²) in [6.45, 7) is 4.83. The second kappa shape index (κ2) is 5.87. The number of para-hydroxylation sites is 1. The summed E-state index contributed by atoms with van der Waals surface area (Å²) in [5.41, 5.74) is 1.20. The molecule has 1 aromatic heterocycles. The van der Waals surface area contributed by atoms with Gasteiger partial charge < -0.3 is 14.3 Å². The van der Waals surface area contributed by atoms with E-state index in [4.69, 9.17) is 4.52 Å². The van der Waals surface area contributed by atoms with Gasteiger partial charge in [-0.2, -0.15) is 0 Å². The van der Waals surface area contributed by atoms with Crippen molar-refractivity contribution in [1.29, 1.82) is 0 Å². The van der Waals surface area contributed by atoms with E-state index in [1.165, 1.54) is 5.69 Å². The smallest absolute Gasteiger partial charge is 0.323 e. The van der Waals surface area contributed by atoms with E-state index in [9.17, 15) is 4.79 Å². The van der Waals surface area contributed by atoms with Crippen LogP contribution in [-0.4, -0.2) is 42.3 Å². The Morgan fingerprint density at radius 1 is 1.19 bits per heavy atom. The molecule has 0 aliphatic carbocycles. The standard InChI is InChI=1S/C15H18N4O2/c1-12-11-14(17-21-12)16-15(20)19-9-7-18(8-10-19)13-5-3-2-4-6-13/h2-6,11H,7-10H2,1H3,(H,16,17,20). The number of benzene rings is 1. The fraction of sp³-hybridized carbons (Fsp3) is 0.333. The van der Waals surface area contributed by atoms with Crippen molar-refractivity contribution in [2.45, 2.75) is 6.92 Å². The third-order valence-electron chi connectivity index (χ3n) is 3.55. The zero-order valence-electron chi connectivity index (χ0n) is 12.0. The fourth-order valence-corrected chi connectivity index (χ4v) is 2.42. The number of nitrogens with one attached hydrogen (secondary N) is 1. The first-order chi connectivity index (χ1) is 10.2. The molecular weight excluding hydrogens is 268 g/mol. The van der Waals surface area contributed by atoms with Crippen LogP contribution in [0, 0.1) is 6.92 Å². The second-order valence-electron chi connectivity index (χ2n) is 5.06. The van der Waals surface area contributed by atoms with Gasteiger partial charge in [-0.25, -0.2) is 4.79 Å². The molecule has 0 spiro atoms. The molecule has 21 heavy (non-hydrogen) atoms. The van der Waals surface area contributed by atoms with Gasteiger partial charge in [0.05, 0.1) is 0 Å². The van der Waals surface area contributed by atoms with Crippen LogP contribution in [0.25, 0.3) is 0 Å². The highest BCUT2D eigenvalue weighted by Gasteiger charge is 2.21. The van der Waals surface area contributed by atoms with Crippen molar-refractivity contribution in [3.63, 3.8) is 0 Å². The first kappa shape index (κ1) is 13.5. The van der Waals surface area contributed by atoms with Crippen LogP contribution in [0.15, 0.2) is 40.9 Å². The van der Waals surface area contributed by atoms with Crippen LogP contribution < -0.4 is 10.2 Å². The van der Waals surface area contributed by atoms with Crippen molar-refractivity contribution in [2.75, 3.05) is 36.4 Å². The van der Waals surface area contributed by atoms with Crippen molar-refractivity contribution in [1.82, 2.24) is 10.1 Å². The Morgan fingerprint density at radius 3 is 2.52 bits per heavy atom. The SMILES string of the molecule is Cc1cc(NC(=O)N2CCN(c3ccccc3)CC2)no1. The lowest BCUT2D eigenvalue weighted by molar-refractivity contribution is 0.208. The summed E-state index contributed by atoms with van der Waals surface area (Å²) in [4.78, 5) is 16.2. The Balaban J connectivity index is 1.54. The van der Waals surface area contributed by atoms with Gasteiger partial charge in [-0.1, -0.05) is 23.4 Å². The van der Waals surface area contributed by atoms with Crippen molar-refractivity contribution in [2.24, 2.45) is 0 Å². The number of aryl methyl sites for hydroxylation is 1. The maximum Gasteiger partial charge on any atom is 0.323 e. The third-order valence-corrected chi connectivity index (χ3v) is 3.55. The molecule has 6 heteroatoms. The summed E-state index contributed by atoms with van der Waals surface area (Å²) in [5, 5.41) is 6.52. The number of rotatable bonds is 2. The summed E-state index contributed by atoms with van der Waals surface area (Å²) in [7, 11) is 0. The summed E-state index contributed by atoms with van der Waals surface area (Å²) >= 11 is 0. The molecule has 0 bridgehead atoms. The zero-order valence-corrected chi connectivity index (χ0v) is 12.0. The Morgan fingerprint density at radius 2 is 1.90 bits per heavy atom. The van der Waals surface area contributed by atoms with Crippen LogP contribution in [0.2, 0.25) is 0 Å². The largest absolute Gasteiger partial charge is 0.368 e. The van der Waals surface area contributed by atoms with E-state index < -0.39 is 0 Å². The Bertz CT molecular complexity index is 603. The number of hydrogen-bond acceptors (Lipinski definition) is 4. The Labute approximate surface area is 123 Å². The molecule has 110 valence electrons. The molecule has 3 rings (SSSR count). The summed E-state index contributed by atoms with van der Waals surface area (Å²) in [6.07, 6.45) is 0. The van der Waals surface area contributed by atoms with E-state index in [1.54, 1.807) is 17.9 Å². The number of anilines is 2.